The van der Waals surface area contributed by atoms with Gasteiger partial charge >= 0.3 is 0 Å². The molecule has 1 N–H and O–H groups in total. The van der Waals surface area contributed by atoms with E-state index >= 15 is 0 Å². The SMILES string of the molecule is CCCC(C(=O)Nc1cc(Cl)ccc1C)c1ccccc1. The second-order valence-electron chi connectivity index (χ2n) is 5.20. The van der Waals surface area contributed by atoms with Gasteiger partial charge in [0.1, 0.15) is 0 Å². The smallest absolute Gasteiger partial charge is 0.231 e. The third kappa shape index (κ3) is 4.08. The summed E-state index contributed by atoms with van der Waals surface area (Å²) in [6, 6.07) is 15.4. The number of rotatable bonds is 5. The first-order chi connectivity index (χ1) is 10.1. The molecule has 0 radical (unpaired) electrons. The molecule has 110 valence electrons. The number of halogens is 1. The Balaban J connectivity index is 2.21. The van der Waals surface area contributed by atoms with Crippen molar-refractivity contribution in [2.24, 2.45) is 0 Å². The lowest BCUT2D eigenvalue weighted by Crippen LogP contribution is -2.21. The van der Waals surface area contributed by atoms with Crippen LogP contribution in [0.25, 0.3) is 0 Å². The van der Waals surface area contributed by atoms with Gasteiger partial charge in [0.15, 0.2) is 0 Å². The fourth-order valence-corrected chi connectivity index (χ4v) is 2.54. The average Bonchev–Trinajstić information content (AvgIpc) is 2.49. The Morgan fingerprint density at radius 1 is 1.19 bits per heavy atom. The van der Waals surface area contributed by atoms with Crippen LogP contribution < -0.4 is 5.32 Å². The molecular weight excluding hydrogens is 282 g/mol. The first-order valence-electron chi connectivity index (χ1n) is 7.23. The number of carbonyl (C=O) groups is 1. The van der Waals surface area contributed by atoms with Crippen LogP contribution in [-0.4, -0.2) is 5.91 Å². The van der Waals surface area contributed by atoms with Crippen LogP contribution in [-0.2, 0) is 4.79 Å². The molecule has 0 aliphatic heterocycles. The van der Waals surface area contributed by atoms with Crippen molar-refractivity contribution in [1.82, 2.24) is 0 Å². The molecule has 0 aliphatic carbocycles. The molecule has 21 heavy (non-hydrogen) atoms. The molecule has 3 heteroatoms. The fourth-order valence-electron chi connectivity index (χ4n) is 2.37. The first-order valence-corrected chi connectivity index (χ1v) is 7.61. The summed E-state index contributed by atoms with van der Waals surface area (Å²) >= 11 is 6.01. The number of benzene rings is 2. The summed E-state index contributed by atoms with van der Waals surface area (Å²) < 4.78 is 0. The predicted octanol–water partition coefficient (Wildman–Crippen LogP) is 5.17. The van der Waals surface area contributed by atoms with E-state index in [0.717, 1.165) is 29.7 Å². The number of anilines is 1. The van der Waals surface area contributed by atoms with E-state index in [1.807, 2.05) is 49.4 Å². The van der Waals surface area contributed by atoms with Crippen molar-refractivity contribution in [3.63, 3.8) is 0 Å². The van der Waals surface area contributed by atoms with Gasteiger partial charge in [-0.15, -0.1) is 0 Å². The lowest BCUT2D eigenvalue weighted by molar-refractivity contribution is -0.117. The Kier molecular flexibility index (Phi) is 5.40. The monoisotopic (exact) mass is 301 g/mol. The number of hydrogen-bond acceptors (Lipinski definition) is 1. The summed E-state index contributed by atoms with van der Waals surface area (Å²) in [6.07, 6.45) is 1.79. The molecule has 0 saturated carbocycles. The van der Waals surface area contributed by atoms with Crippen molar-refractivity contribution in [1.29, 1.82) is 0 Å². The maximum absolute atomic E-state index is 12.6. The number of amides is 1. The Hall–Kier alpha value is -1.80. The summed E-state index contributed by atoms with van der Waals surface area (Å²) in [7, 11) is 0. The minimum Gasteiger partial charge on any atom is -0.325 e. The van der Waals surface area contributed by atoms with Crippen LogP contribution in [0.1, 0.15) is 36.8 Å². The van der Waals surface area contributed by atoms with E-state index in [-0.39, 0.29) is 11.8 Å². The van der Waals surface area contributed by atoms with Crippen LogP contribution in [0.5, 0.6) is 0 Å². The summed E-state index contributed by atoms with van der Waals surface area (Å²) in [6.45, 7) is 4.05. The van der Waals surface area contributed by atoms with Gasteiger partial charge in [0, 0.05) is 10.7 Å². The number of carbonyl (C=O) groups excluding carboxylic acids is 1. The topological polar surface area (TPSA) is 29.1 Å². The summed E-state index contributed by atoms with van der Waals surface area (Å²) in [5, 5.41) is 3.64. The van der Waals surface area contributed by atoms with Crippen LogP contribution in [0.4, 0.5) is 5.69 Å². The van der Waals surface area contributed by atoms with Gasteiger partial charge in [0.25, 0.3) is 0 Å². The molecular formula is C18H20ClNO. The van der Waals surface area contributed by atoms with Gasteiger partial charge in [-0.2, -0.15) is 0 Å². The van der Waals surface area contributed by atoms with Gasteiger partial charge in [-0.05, 0) is 36.6 Å². The Morgan fingerprint density at radius 3 is 2.57 bits per heavy atom. The molecule has 1 unspecified atom stereocenters. The lowest BCUT2D eigenvalue weighted by atomic mass is 9.93. The van der Waals surface area contributed by atoms with Gasteiger partial charge in [0.2, 0.25) is 5.91 Å². The highest BCUT2D eigenvalue weighted by atomic mass is 35.5. The standard InChI is InChI=1S/C18H20ClNO/c1-3-7-16(14-8-5-4-6-9-14)18(21)20-17-12-15(19)11-10-13(17)2/h4-6,8-12,16H,3,7H2,1-2H3,(H,20,21). The first kappa shape index (κ1) is 15.6. The van der Waals surface area contributed by atoms with E-state index in [4.69, 9.17) is 11.6 Å². The summed E-state index contributed by atoms with van der Waals surface area (Å²) in [5.41, 5.74) is 2.84. The van der Waals surface area contributed by atoms with E-state index in [9.17, 15) is 4.79 Å². The predicted molar refractivity (Wildman–Crippen MR) is 88.9 cm³/mol. The van der Waals surface area contributed by atoms with Gasteiger partial charge in [-0.25, -0.2) is 0 Å². The van der Waals surface area contributed by atoms with Crippen molar-refractivity contribution < 1.29 is 4.79 Å². The number of aryl methyl sites for hydroxylation is 1. The molecule has 0 heterocycles. The van der Waals surface area contributed by atoms with E-state index in [1.54, 1.807) is 6.07 Å². The van der Waals surface area contributed by atoms with Gasteiger partial charge in [-0.1, -0.05) is 61.3 Å². The fraction of sp³-hybridized carbons (Fsp3) is 0.278. The highest BCUT2D eigenvalue weighted by molar-refractivity contribution is 6.31. The molecule has 2 aromatic carbocycles. The lowest BCUT2D eigenvalue weighted by Gasteiger charge is -2.17. The average molecular weight is 302 g/mol. The van der Waals surface area contributed by atoms with Gasteiger partial charge in [0.05, 0.1) is 5.92 Å². The van der Waals surface area contributed by atoms with Crippen LogP contribution in [0.15, 0.2) is 48.5 Å². The molecule has 2 nitrogen and oxygen atoms in total. The molecule has 1 atom stereocenters. The van der Waals surface area contributed by atoms with Crippen molar-refractivity contribution in [3.05, 3.63) is 64.7 Å². The molecule has 0 bridgehead atoms. The molecule has 0 spiro atoms. The van der Waals surface area contributed by atoms with E-state index < -0.39 is 0 Å². The molecule has 0 aromatic heterocycles. The van der Waals surface area contributed by atoms with Gasteiger partial charge < -0.3 is 5.32 Å². The van der Waals surface area contributed by atoms with Crippen molar-refractivity contribution in [3.8, 4) is 0 Å². The molecule has 0 fully saturated rings. The highest BCUT2D eigenvalue weighted by Crippen LogP contribution is 2.25. The van der Waals surface area contributed by atoms with E-state index in [1.165, 1.54) is 0 Å². The molecule has 2 aromatic rings. The number of nitrogens with one attached hydrogen (secondary N) is 1. The maximum Gasteiger partial charge on any atom is 0.231 e. The third-order valence-electron chi connectivity index (χ3n) is 3.55. The van der Waals surface area contributed by atoms with Crippen molar-refractivity contribution >= 4 is 23.2 Å². The van der Waals surface area contributed by atoms with Crippen LogP contribution >= 0.6 is 11.6 Å². The van der Waals surface area contributed by atoms with Crippen LogP contribution in [0.3, 0.4) is 0 Å². The minimum absolute atomic E-state index is 0.0217. The van der Waals surface area contributed by atoms with E-state index in [2.05, 4.69) is 12.2 Å². The largest absolute Gasteiger partial charge is 0.325 e. The van der Waals surface area contributed by atoms with Crippen LogP contribution in [0.2, 0.25) is 5.02 Å². The zero-order chi connectivity index (χ0) is 15.2. The zero-order valence-corrected chi connectivity index (χ0v) is 13.2. The molecule has 2 rings (SSSR count). The number of hydrogen-bond donors (Lipinski definition) is 1. The Morgan fingerprint density at radius 2 is 1.90 bits per heavy atom. The third-order valence-corrected chi connectivity index (χ3v) is 3.79. The molecule has 0 saturated heterocycles. The van der Waals surface area contributed by atoms with Crippen molar-refractivity contribution in [2.75, 3.05) is 5.32 Å². The van der Waals surface area contributed by atoms with Gasteiger partial charge in [-0.3, -0.25) is 4.79 Å². The Labute approximate surface area is 131 Å². The Bertz CT molecular complexity index is 610. The second kappa shape index (κ2) is 7.28. The molecule has 0 aliphatic rings. The van der Waals surface area contributed by atoms with Crippen LogP contribution in [0, 0.1) is 6.92 Å². The maximum atomic E-state index is 12.6. The zero-order valence-electron chi connectivity index (χ0n) is 12.4. The second-order valence-corrected chi connectivity index (χ2v) is 5.64. The quantitative estimate of drug-likeness (QED) is 0.811. The highest BCUT2D eigenvalue weighted by Gasteiger charge is 2.20. The summed E-state index contributed by atoms with van der Waals surface area (Å²) in [5.74, 6) is -0.108. The normalized spacial score (nSPS) is 12.0. The van der Waals surface area contributed by atoms with E-state index in [0.29, 0.717) is 5.02 Å². The van der Waals surface area contributed by atoms with Crippen molar-refractivity contribution in [2.45, 2.75) is 32.6 Å². The minimum atomic E-state index is -0.130. The summed E-state index contributed by atoms with van der Waals surface area (Å²) in [4.78, 5) is 12.6. The molecule has 1 amide bonds.